The summed E-state index contributed by atoms with van der Waals surface area (Å²) < 4.78 is 10.7. The van der Waals surface area contributed by atoms with Crippen LogP contribution in [0.25, 0.3) is 0 Å². The Morgan fingerprint density at radius 2 is 1.81 bits per heavy atom. The number of carbonyl (C=O) groups is 2. The van der Waals surface area contributed by atoms with Gasteiger partial charge in [-0.1, -0.05) is 0 Å². The van der Waals surface area contributed by atoms with Gasteiger partial charge in [-0.15, -0.1) is 12.4 Å². The summed E-state index contributed by atoms with van der Waals surface area (Å²) in [5.41, 5.74) is 7.60. The first kappa shape index (κ1) is 22.1. The summed E-state index contributed by atoms with van der Waals surface area (Å²) >= 11 is 0. The molecule has 2 amide bonds. The average Bonchev–Trinajstić information content (AvgIpc) is 2.63. The van der Waals surface area contributed by atoms with Gasteiger partial charge in [0.2, 0.25) is 11.8 Å². The molecule has 1 aliphatic rings. The van der Waals surface area contributed by atoms with Crippen molar-refractivity contribution in [3.63, 3.8) is 0 Å². The Morgan fingerprint density at radius 3 is 2.42 bits per heavy atom. The van der Waals surface area contributed by atoms with Gasteiger partial charge in [-0.05, 0) is 36.1 Å². The molecule has 7 nitrogen and oxygen atoms in total. The van der Waals surface area contributed by atoms with E-state index in [9.17, 15) is 9.59 Å². The van der Waals surface area contributed by atoms with Gasteiger partial charge in [0.1, 0.15) is 0 Å². The number of amides is 2. The summed E-state index contributed by atoms with van der Waals surface area (Å²) in [7, 11) is 3.23. The van der Waals surface area contributed by atoms with E-state index < -0.39 is 0 Å². The maximum absolute atomic E-state index is 12.4. The lowest BCUT2D eigenvalue weighted by atomic mass is 9.98. The van der Waals surface area contributed by atoms with E-state index in [0.717, 1.165) is 12.0 Å². The largest absolute Gasteiger partial charge is 0.493 e. The maximum atomic E-state index is 12.4. The zero-order chi connectivity index (χ0) is 18.2. The van der Waals surface area contributed by atoms with Gasteiger partial charge < -0.3 is 25.4 Å². The molecule has 3 N–H and O–H groups in total. The monoisotopic (exact) mass is 385 g/mol. The number of rotatable bonds is 8. The zero-order valence-electron chi connectivity index (χ0n) is 15.4. The summed E-state index contributed by atoms with van der Waals surface area (Å²) in [5, 5.41) is 2.77. The van der Waals surface area contributed by atoms with E-state index in [1.807, 2.05) is 17.0 Å². The van der Waals surface area contributed by atoms with Crippen molar-refractivity contribution in [3.05, 3.63) is 23.3 Å². The van der Waals surface area contributed by atoms with Gasteiger partial charge in [-0.25, -0.2) is 0 Å². The molecule has 0 atom stereocenters. The van der Waals surface area contributed by atoms with Crippen molar-refractivity contribution < 1.29 is 19.1 Å². The number of hydrogen-bond acceptors (Lipinski definition) is 5. The number of halogens is 1. The first-order chi connectivity index (χ1) is 12.1. The summed E-state index contributed by atoms with van der Waals surface area (Å²) in [5.74, 6) is 1.43. The third-order valence-corrected chi connectivity index (χ3v) is 4.33. The molecule has 0 fully saturated rings. The number of nitrogens with zero attached hydrogens (tertiary/aromatic N) is 1. The van der Waals surface area contributed by atoms with E-state index in [-0.39, 0.29) is 24.2 Å². The molecule has 0 aliphatic carbocycles. The fourth-order valence-electron chi connectivity index (χ4n) is 2.94. The molecule has 146 valence electrons. The Morgan fingerprint density at radius 1 is 1.15 bits per heavy atom. The Kier molecular flexibility index (Phi) is 9.23. The predicted octanol–water partition coefficient (Wildman–Crippen LogP) is 1.26. The molecule has 0 radical (unpaired) electrons. The molecule has 0 aromatic heterocycles. The normalized spacial score (nSPS) is 12.7. The molecule has 1 heterocycles. The Labute approximate surface area is 160 Å². The smallest absolute Gasteiger partial charge is 0.222 e. The van der Waals surface area contributed by atoms with E-state index in [1.165, 1.54) is 5.56 Å². The molecule has 1 aromatic rings. The molecular formula is C18H28ClN3O4. The summed E-state index contributed by atoms with van der Waals surface area (Å²) in [6.07, 6.45) is 2.17. The van der Waals surface area contributed by atoms with Crippen molar-refractivity contribution in [2.75, 3.05) is 33.9 Å². The van der Waals surface area contributed by atoms with Crippen molar-refractivity contribution in [3.8, 4) is 11.5 Å². The third-order valence-electron chi connectivity index (χ3n) is 4.33. The fourth-order valence-corrected chi connectivity index (χ4v) is 2.94. The van der Waals surface area contributed by atoms with Crippen molar-refractivity contribution in [2.45, 2.75) is 32.2 Å². The number of hydrogen-bond donors (Lipinski definition) is 2. The first-order valence-electron chi connectivity index (χ1n) is 8.57. The molecule has 0 unspecified atom stereocenters. The number of nitrogens with two attached hydrogens (primary N) is 1. The van der Waals surface area contributed by atoms with Crippen LogP contribution in [0.5, 0.6) is 11.5 Å². The van der Waals surface area contributed by atoms with Crippen LogP contribution in [0, 0.1) is 0 Å². The topological polar surface area (TPSA) is 93.9 Å². The van der Waals surface area contributed by atoms with Crippen LogP contribution >= 0.6 is 12.4 Å². The van der Waals surface area contributed by atoms with Gasteiger partial charge >= 0.3 is 0 Å². The van der Waals surface area contributed by atoms with Crippen LogP contribution in [0.2, 0.25) is 0 Å². The molecule has 0 saturated heterocycles. The fraction of sp³-hybridized carbons (Fsp3) is 0.556. The SMILES string of the molecule is COc1cc2c(cc1OC)CN(C(=O)CCCNC(=O)CCN)CC2.Cl. The van der Waals surface area contributed by atoms with Crippen LogP contribution in [0.1, 0.15) is 30.4 Å². The van der Waals surface area contributed by atoms with E-state index >= 15 is 0 Å². The zero-order valence-corrected chi connectivity index (χ0v) is 16.2. The van der Waals surface area contributed by atoms with Crippen molar-refractivity contribution >= 4 is 24.2 Å². The number of fused-ring (bicyclic) bond motifs is 1. The van der Waals surface area contributed by atoms with Crippen molar-refractivity contribution in [1.82, 2.24) is 10.2 Å². The first-order valence-corrected chi connectivity index (χ1v) is 8.57. The lowest BCUT2D eigenvalue weighted by Gasteiger charge is -2.29. The van der Waals surface area contributed by atoms with Crippen molar-refractivity contribution in [2.24, 2.45) is 5.73 Å². The quantitative estimate of drug-likeness (QED) is 0.657. The minimum absolute atomic E-state index is 0. The number of carbonyl (C=O) groups excluding carboxylic acids is 2. The van der Waals surface area contributed by atoms with Gasteiger partial charge in [0.25, 0.3) is 0 Å². The summed E-state index contributed by atoms with van der Waals surface area (Å²) in [4.78, 5) is 25.6. The molecule has 0 bridgehead atoms. The van der Waals surface area contributed by atoms with Crippen LogP contribution in [-0.2, 0) is 22.6 Å². The minimum atomic E-state index is -0.0668. The standard InChI is InChI=1S/C18H27N3O4.ClH/c1-24-15-10-13-6-9-21(12-14(13)11-16(15)25-2)18(23)4-3-8-20-17(22)5-7-19;/h10-11H,3-9,12,19H2,1-2H3,(H,20,22);1H. The summed E-state index contributed by atoms with van der Waals surface area (Å²) in [6, 6.07) is 3.93. The van der Waals surface area contributed by atoms with Crippen LogP contribution < -0.4 is 20.5 Å². The average molecular weight is 386 g/mol. The lowest BCUT2D eigenvalue weighted by molar-refractivity contribution is -0.132. The van der Waals surface area contributed by atoms with Crippen LogP contribution in [0.15, 0.2) is 12.1 Å². The molecule has 8 heteroatoms. The van der Waals surface area contributed by atoms with Gasteiger partial charge in [0.05, 0.1) is 14.2 Å². The van der Waals surface area contributed by atoms with Crippen LogP contribution in [0.4, 0.5) is 0 Å². The highest BCUT2D eigenvalue weighted by Crippen LogP contribution is 2.33. The Hall–Kier alpha value is -1.99. The van der Waals surface area contributed by atoms with Gasteiger partial charge in [0, 0.05) is 39.0 Å². The predicted molar refractivity (Wildman–Crippen MR) is 102 cm³/mol. The molecule has 26 heavy (non-hydrogen) atoms. The highest BCUT2D eigenvalue weighted by atomic mass is 35.5. The molecule has 0 spiro atoms. The molecule has 1 aromatic carbocycles. The van der Waals surface area contributed by atoms with E-state index in [0.29, 0.717) is 56.9 Å². The van der Waals surface area contributed by atoms with E-state index in [1.54, 1.807) is 14.2 Å². The maximum Gasteiger partial charge on any atom is 0.222 e. The molecule has 2 rings (SSSR count). The number of methoxy groups -OCH3 is 2. The van der Waals surface area contributed by atoms with E-state index in [2.05, 4.69) is 5.32 Å². The van der Waals surface area contributed by atoms with Gasteiger partial charge in [-0.3, -0.25) is 9.59 Å². The highest BCUT2D eigenvalue weighted by molar-refractivity contribution is 5.85. The van der Waals surface area contributed by atoms with Gasteiger partial charge in [-0.2, -0.15) is 0 Å². The second kappa shape index (κ2) is 10.9. The summed E-state index contributed by atoms with van der Waals surface area (Å²) in [6.45, 7) is 2.11. The Balaban J connectivity index is 0.00000338. The van der Waals surface area contributed by atoms with Gasteiger partial charge in [0.15, 0.2) is 11.5 Å². The van der Waals surface area contributed by atoms with E-state index in [4.69, 9.17) is 15.2 Å². The second-order valence-corrected chi connectivity index (χ2v) is 6.03. The number of benzene rings is 1. The highest BCUT2D eigenvalue weighted by Gasteiger charge is 2.22. The van der Waals surface area contributed by atoms with Crippen LogP contribution in [-0.4, -0.2) is 50.6 Å². The second-order valence-electron chi connectivity index (χ2n) is 6.03. The lowest BCUT2D eigenvalue weighted by Crippen LogP contribution is -2.36. The Bertz CT molecular complexity index is 625. The molecule has 0 saturated carbocycles. The minimum Gasteiger partial charge on any atom is -0.493 e. The number of nitrogens with one attached hydrogen (secondary N) is 1. The third kappa shape index (κ3) is 5.78. The molecule has 1 aliphatic heterocycles. The van der Waals surface area contributed by atoms with Crippen molar-refractivity contribution in [1.29, 1.82) is 0 Å². The molecular weight excluding hydrogens is 358 g/mol. The number of ether oxygens (including phenoxy) is 2. The van der Waals surface area contributed by atoms with Crippen LogP contribution in [0.3, 0.4) is 0 Å².